The van der Waals surface area contributed by atoms with Crippen molar-refractivity contribution in [2.24, 2.45) is 23.7 Å². The van der Waals surface area contributed by atoms with Gasteiger partial charge in [0, 0.05) is 30.6 Å². The van der Waals surface area contributed by atoms with Gasteiger partial charge in [-0.3, -0.25) is 19.2 Å². The molecule has 0 aromatic heterocycles. The highest BCUT2D eigenvalue weighted by atomic mass is 16.6. The summed E-state index contributed by atoms with van der Waals surface area (Å²) in [7, 11) is 1.59. The number of rotatable bonds is 15. The molecule has 3 fully saturated rings. The first-order valence-corrected chi connectivity index (χ1v) is 14.9. The Labute approximate surface area is 237 Å². The summed E-state index contributed by atoms with van der Waals surface area (Å²) in [5.41, 5.74) is 0.0660. The minimum Gasteiger partial charge on any atom is -0.497 e. The van der Waals surface area contributed by atoms with Crippen LogP contribution in [0.5, 0.6) is 5.75 Å². The molecule has 8 heteroatoms. The van der Waals surface area contributed by atoms with E-state index in [1.807, 2.05) is 24.3 Å². The molecule has 0 bridgehead atoms. The van der Waals surface area contributed by atoms with Crippen LogP contribution in [0.15, 0.2) is 24.3 Å². The lowest BCUT2D eigenvalue weighted by Crippen LogP contribution is -2.46. The number of amides is 1. The molecule has 2 aliphatic carbocycles. The summed E-state index contributed by atoms with van der Waals surface area (Å²) in [5, 5.41) is 12.7. The maximum Gasteiger partial charge on any atom is 0.223 e. The lowest BCUT2D eigenvalue weighted by Gasteiger charge is -2.30. The minimum absolute atomic E-state index is 0.0150. The molecule has 8 nitrogen and oxygen atoms in total. The number of Topliss-reactive ketones (excluding diaryl/α,β-unsaturated/α-hetero) is 3. The van der Waals surface area contributed by atoms with Crippen LogP contribution >= 0.6 is 0 Å². The second-order valence-electron chi connectivity index (χ2n) is 12.5. The van der Waals surface area contributed by atoms with Crippen molar-refractivity contribution in [3.63, 3.8) is 0 Å². The van der Waals surface area contributed by atoms with Gasteiger partial charge in [-0.05, 0) is 69.1 Å². The van der Waals surface area contributed by atoms with E-state index in [-0.39, 0.29) is 54.5 Å². The van der Waals surface area contributed by atoms with Gasteiger partial charge in [0.1, 0.15) is 17.1 Å². The highest BCUT2D eigenvalue weighted by Gasteiger charge is 2.50. The highest BCUT2D eigenvalue weighted by Crippen LogP contribution is 2.38. The molecule has 1 aliphatic heterocycles. The number of carbonyl (C=O) groups excluding carboxylic acids is 4. The lowest BCUT2D eigenvalue weighted by molar-refractivity contribution is -0.135. The van der Waals surface area contributed by atoms with Crippen molar-refractivity contribution >= 4 is 23.3 Å². The predicted octanol–water partition coefficient (Wildman–Crippen LogP) is 3.99. The lowest BCUT2D eigenvalue weighted by atomic mass is 9.74. The van der Waals surface area contributed by atoms with Gasteiger partial charge in [0.15, 0.2) is 11.6 Å². The van der Waals surface area contributed by atoms with E-state index in [1.165, 1.54) is 0 Å². The number of nitrogens with one attached hydrogen (secondary N) is 1. The fourth-order valence-electron chi connectivity index (χ4n) is 6.00. The molecular weight excluding hydrogens is 510 g/mol. The molecule has 1 heterocycles. The van der Waals surface area contributed by atoms with E-state index in [0.717, 1.165) is 24.8 Å². The topological polar surface area (TPSA) is 122 Å². The van der Waals surface area contributed by atoms with E-state index in [2.05, 4.69) is 5.32 Å². The van der Waals surface area contributed by atoms with Crippen molar-refractivity contribution in [3.8, 4) is 5.75 Å². The number of ketones is 3. The second kappa shape index (κ2) is 13.4. The van der Waals surface area contributed by atoms with Gasteiger partial charge in [-0.1, -0.05) is 38.3 Å². The van der Waals surface area contributed by atoms with Crippen LogP contribution in [0.2, 0.25) is 0 Å². The molecular formula is C32H45NO7. The van der Waals surface area contributed by atoms with Crippen molar-refractivity contribution in [1.29, 1.82) is 0 Å². The number of hydrogen-bond acceptors (Lipinski definition) is 7. The second-order valence-corrected chi connectivity index (χ2v) is 12.5. The van der Waals surface area contributed by atoms with Gasteiger partial charge < -0.3 is 19.9 Å². The maximum atomic E-state index is 13.8. The Morgan fingerprint density at radius 1 is 1.05 bits per heavy atom. The smallest absolute Gasteiger partial charge is 0.223 e. The highest BCUT2D eigenvalue weighted by molar-refractivity contribution is 5.97. The Balaban J connectivity index is 1.44. The molecule has 1 aromatic carbocycles. The van der Waals surface area contributed by atoms with E-state index >= 15 is 0 Å². The molecule has 4 unspecified atom stereocenters. The molecule has 3 aliphatic rings. The monoisotopic (exact) mass is 555 g/mol. The molecule has 1 amide bonds. The third-order valence-corrected chi connectivity index (χ3v) is 9.17. The zero-order valence-electron chi connectivity index (χ0n) is 24.2. The van der Waals surface area contributed by atoms with E-state index in [4.69, 9.17) is 9.47 Å². The van der Waals surface area contributed by atoms with Gasteiger partial charge in [-0.2, -0.15) is 0 Å². The third kappa shape index (κ3) is 8.00. The SMILES string of the molecule is COc1ccc(CC(NC(=O)C(C)CC(=O)C2CCC(O)CC2)C(=O)CC(CC2CCC2)C(=O)C2(C)CO2)cc1. The summed E-state index contributed by atoms with van der Waals surface area (Å²) in [6.07, 6.45) is 6.60. The van der Waals surface area contributed by atoms with Crippen LogP contribution in [0.1, 0.15) is 83.6 Å². The van der Waals surface area contributed by atoms with Crippen molar-refractivity contribution in [2.75, 3.05) is 13.7 Å². The number of carbonyl (C=O) groups is 4. The molecule has 2 N–H and O–H groups in total. The normalized spacial score (nSPS) is 26.6. The summed E-state index contributed by atoms with van der Waals surface area (Å²) >= 11 is 0. The van der Waals surface area contributed by atoms with Gasteiger partial charge in [0.05, 0.1) is 25.9 Å². The molecule has 0 radical (unpaired) electrons. The van der Waals surface area contributed by atoms with Crippen LogP contribution in [0.4, 0.5) is 0 Å². The average Bonchev–Trinajstić information content (AvgIpc) is 3.67. The van der Waals surface area contributed by atoms with Gasteiger partial charge in [-0.15, -0.1) is 0 Å². The molecule has 40 heavy (non-hydrogen) atoms. The zero-order valence-corrected chi connectivity index (χ0v) is 24.2. The number of aliphatic hydroxyl groups excluding tert-OH is 1. The van der Waals surface area contributed by atoms with E-state index in [0.29, 0.717) is 50.4 Å². The van der Waals surface area contributed by atoms with E-state index in [9.17, 15) is 24.3 Å². The average molecular weight is 556 g/mol. The number of benzene rings is 1. The number of hydrogen-bond donors (Lipinski definition) is 2. The van der Waals surface area contributed by atoms with E-state index in [1.54, 1.807) is 21.0 Å². The van der Waals surface area contributed by atoms with Crippen LogP contribution in [0.25, 0.3) is 0 Å². The largest absolute Gasteiger partial charge is 0.497 e. The Hall–Kier alpha value is -2.58. The molecule has 1 aromatic rings. The summed E-state index contributed by atoms with van der Waals surface area (Å²) in [5.74, 6) is -0.485. The fraction of sp³-hybridized carbons (Fsp3) is 0.688. The van der Waals surface area contributed by atoms with Crippen molar-refractivity contribution in [3.05, 3.63) is 29.8 Å². The number of methoxy groups -OCH3 is 1. The van der Waals surface area contributed by atoms with Crippen LogP contribution < -0.4 is 10.1 Å². The molecule has 2 saturated carbocycles. The molecule has 1 saturated heterocycles. The predicted molar refractivity (Wildman–Crippen MR) is 150 cm³/mol. The summed E-state index contributed by atoms with van der Waals surface area (Å²) in [6.45, 7) is 3.89. The standard InChI is InChI=1S/C32H45NO7/c1-20(15-28(35)23-9-11-25(34)12-10-23)31(38)33-27(17-22-7-13-26(39-3)14-8-22)29(36)18-24(16-21-5-4-6-21)30(37)32(2)19-40-32/h7-8,13-14,20-21,23-25,27,34H,4-6,9-12,15-19H2,1-3H3,(H,33,38). The van der Waals surface area contributed by atoms with Gasteiger partial charge >= 0.3 is 0 Å². The third-order valence-electron chi connectivity index (χ3n) is 9.17. The maximum absolute atomic E-state index is 13.8. The van der Waals surface area contributed by atoms with Gasteiger partial charge in [-0.25, -0.2) is 0 Å². The van der Waals surface area contributed by atoms with Crippen LogP contribution in [-0.4, -0.2) is 59.8 Å². The fourth-order valence-corrected chi connectivity index (χ4v) is 6.00. The summed E-state index contributed by atoms with van der Waals surface area (Å²) in [4.78, 5) is 53.2. The van der Waals surface area contributed by atoms with Crippen LogP contribution in [0, 0.1) is 23.7 Å². The van der Waals surface area contributed by atoms with Crippen LogP contribution in [-0.2, 0) is 30.3 Å². The number of epoxide rings is 1. The van der Waals surface area contributed by atoms with Crippen molar-refractivity contribution in [2.45, 2.75) is 102 Å². The summed E-state index contributed by atoms with van der Waals surface area (Å²) < 4.78 is 10.7. The van der Waals surface area contributed by atoms with Gasteiger partial charge in [0.25, 0.3) is 0 Å². The van der Waals surface area contributed by atoms with Crippen molar-refractivity contribution in [1.82, 2.24) is 5.32 Å². The minimum atomic E-state index is -0.812. The van der Waals surface area contributed by atoms with Crippen molar-refractivity contribution < 1.29 is 33.8 Å². The Bertz CT molecular complexity index is 1050. The van der Waals surface area contributed by atoms with Gasteiger partial charge in [0.2, 0.25) is 5.91 Å². The molecule has 220 valence electrons. The molecule has 0 spiro atoms. The van der Waals surface area contributed by atoms with Crippen LogP contribution in [0.3, 0.4) is 0 Å². The first-order valence-electron chi connectivity index (χ1n) is 14.9. The quantitative estimate of drug-likeness (QED) is 0.314. The molecule has 4 atom stereocenters. The molecule has 4 rings (SSSR count). The summed E-state index contributed by atoms with van der Waals surface area (Å²) in [6, 6.07) is 6.55. The Morgan fingerprint density at radius 3 is 2.25 bits per heavy atom. The zero-order chi connectivity index (χ0) is 28.9. The first-order chi connectivity index (χ1) is 19.1. The number of ether oxygens (including phenoxy) is 2. The number of aliphatic hydroxyl groups is 1. The first kappa shape index (κ1) is 30.4. The Morgan fingerprint density at radius 2 is 1.70 bits per heavy atom. The van der Waals surface area contributed by atoms with E-state index < -0.39 is 23.5 Å². The Kier molecular flexibility index (Phi) is 10.2.